The Bertz CT molecular complexity index is 824. The van der Waals surface area contributed by atoms with Crippen LogP contribution in [-0.2, 0) is 4.79 Å². The van der Waals surface area contributed by atoms with E-state index in [-0.39, 0.29) is 11.8 Å². The molecule has 136 valence electrons. The van der Waals surface area contributed by atoms with Crippen LogP contribution in [0.5, 0.6) is 5.75 Å². The van der Waals surface area contributed by atoms with Gasteiger partial charge in [-0.15, -0.1) is 0 Å². The van der Waals surface area contributed by atoms with E-state index in [2.05, 4.69) is 0 Å². The number of nitrogens with zero attached hydrogens (tertiary/aromatic N) is 2. The van der Waals surface area contributed by atoms with Gasteiger partial charge in [0.05, 0.1) is 17.2 Å². The van der Waals surface area contributed by atoms with Crippen LogP contribution in [0, 0.1) is 0 Å². The highest BCUT2D eigenvalue weighted by Crippen LogP contribution is 2.26. The average Bonchev–Trinajstić information content (AvgIpc) is 2.64. The number of anilines is 1. The molecule has 0 N–H and O–H groups in total. The van der Waals surface area contributed by atoms with Crippen molar-refractivity contribution in [3.63, 3.8) is 0 Å². The smallest absolute Gasteiger partial charge is 0.256 e. The van der Waals surface area contributed by atoms with Crippen molar-refractivity contribution in [2.45, 2.75) is 19.9 Å². The van der Waals surface area contributed by atoms with Gasteiger partial charge in [0.15, 0.2) is 0 Å². The molecule has 1 aliphatic rings. The molecule has 2 aromatic carbocycles. The number of piperazine rings is 1. The number of carbonyl (C=O) groups is 2. The van der Waals surface area contributed by atoms with E-state index in [0.717, 1.165) is 11.4 Å². The van der Waals surface area contributed by atoms with E-state index in [0.29, 0.717) is 30.3 Å². The van der Waals surface area contributed by atoms with Crippen molar-refractivity contribution in [1.29, 1.82) is 0 Å². The number of ether oxygens (including phenoxy) is 1. The van der Waals surface area contributed by atoms with Crippen LogP contribution in [0.25, 0.3) is 0 Å². The Balaban J connectivity index is 1.80. The second-order valence-corrected chi connectivity index (χ2v) is 6.48. The Kier molecular flexibility index (Phi) is 5.47. The first-order chi connectivity index (χ1) is 12.5. The molecule has 0 unspecified atom stereocenters. The average molecular weight is 373 g/mol. The topological polar surface area (TPSA) is 49.9 Å². The first kappa shape index (κ1) is 18.3. The molecule has 1 saturated heterocycles. The van der Waals surface area contributed by atoms with Gasteiger partial charge in [-0.25, -0.2) is 0 Å². The maximum atomic E-state index is 12.9. The summed E-state index contributed by atoms with van der Waals surface area (Å²) < 4.78 is 5.51. The summed E-state index contributed by atoms with van der Waals surface area (Å²) in [5, 5.41) is 0.393. The summed E-state index contributed by atoms with van der Waals surface area (Å²) >= 11 is 6.14. The molecule has 1 atom stereocenters. The number of halogens is 1. The zero-order valence-electron chi connectivity index (χ0n) is 14.8. The molecule has 5 nitrogen and oxygen atoms in total. The Morgan fingerprint density at radius 2 is 1.96 bits per heavy atom. The number of hydrogen-bond acceptors (Lipinski definition) is 3. The van der Waals surface area contributed by atoms with Crippen molar-refractivity contribution in [2.24, 2.45) is 0 Å². The molecule has 1 heterocycles. The second kappa shape index (κ2) is 7.79. The van der Waals surface area contributed by atoms with E-state index < -0.39 is 6.04 Å². The van der Waals surface area contributed by atoms with E-state index in [1.165, 1.54) is 0 Å². The van der Waals surface area contributed by atoms with E-state index in [1.54, 1.807) is 41.0 Å². The van der Waals surface area contributed by atoms with Crippen molar-refractivity contribution >= 4 is 29.1 Å². The lowest BCUT2D eigenvalue weighted by molar-refractivity contribution is -0.124. The van der Waals surface area contributed by atoms with Gasteiger partial charge in [0, 0.05) is 24.8 Å². The summed E-state index contributed by atoms with van der Waals surface area (Å²) in [5.74, 6) is 0.379. The molecule has 0 aliphatic carbocycles. The van der Waals surface area contributed by atoms with Gasteiger partial charge in [-0.3, -0.25) is 9.59 Å². The number of benzene rings is 2. The molecule has 2 amide bonds. The van der Waals surface area contributed by atoms with E-state index in [9.17, 15) is 9.59 Å². The molecule has 1 fully saturated rings. The van der Waals surface area contributed by atoms with Gasteiger partial charge in [0.1, 0.15) is 11.8 Å². The maximum Gasteiger partial charge on any atom is 0.256 e. The van der Waals surface area contributed by atoms with Crippen LogP contribution in [0.2, 0.25) is 5.02 Å². The SMILES string of the molecule is CCOc1cccc(N2CCN(C(=O)c3ccccc3Cl)[C@@H](C)C2=O)c1. The van der Waals surface area contributed by atoms with Gasteiger partial charge in [-0.05, 0) is 38.1 Å². The summed E-state index contributed by atoms with van der Waals surface area (Å²) in [6.07, 6.45) is 0. The molecule has 0 spiro atoms. The standard InChI is InChI=1S/C20H21ClN2O3/c1-3-26-16-8-6-7-15(13-16)23-12-11-22(14(2)19(23)24)20(25)17-9-4-5-10-18(17)21/h4-10,13-14H,3,11-12H2,1-2H3/t14-/m0/s1. The zero-order valence-corrected chi connectivity index (χ0v) is 15.6. The number of rotatable bonds is 4. The van der Waals surface area contributed by atoms with Crippen molar-refractivity contribution < 1.29 is 14.3 Å². The summed E-state index contributed by atoms with van der Waals surface area (Å²) in [7, 11) is 0. The highest BCUT2D eigenvalue weighted by atomic mass is 35.5. The van der Waals surface area contributed by atoms with Crippen LogP contribution in [0.3, 0.4) is 0 Å². The van der Waals surface area contributed by atoms with Crippen LogP contribution in [0.1, 0.15) is 24.2 Å². The Hall–Kier alpha value is -2.53. The highest BCUT2D eigenvalue weighted by Gasteiger charge is 2.35. The molecule has 6 heteroatoms. The van der Waals surface area contributed by atoms with Gasteiger partial charge in [0.25, 0.3) is 5.91 Å². The van der Waals surface area contributed by atoms with Crippen molar-refractivity contribution in [3.05, 3.63) is 59.1 Å². The molecular formula is C20H21ClN2O3. The second-order valence-electron chi connectivity index (χ2n) is 6.07. The molecule has 0 saturated carbocycles. The Morgan fingerprint density at radius 1 is 1.19 bits per heavy atom. The van der Waals surface area contributed by atoms with Gasteiger partial charge >= 0.3 is 0 Å². The Labute approximate surface area is 158 Å². The van der Waals surface area contributed by atoms with E-state index in [4.69, 9.17) is 16.3 Å². The largest absolute Gasteiger partial charge is 0.494 e. The van der Waals surface area contributed by atoms with Crippen LogP contribution < -0.4 is 9.64 Å². The first-order valence-electron chi connectivity index (χ1n) is 8.62. The van der Waals surface area contributed by atoms with E-state index >= 15 is 0 Å². The predicted octanol–water partition coefficient (Wildman–Crippen LogP) is 3.62. The molecule has 0 bridgehead atoms. The summed E-state index contributed by atoms with van der Waals surface area (Å²) in [6.45, 7) is 5.09. The monoisotopic (exact) mass is 372 g/mol. The van der Waals surface area contributed by atoms with Crippen LogP contribution in [-0.4, -0.2) is 42.5 Å². The lowest BCUT2D eigenvalue weighted by Crippen LogP contribution is -2.57. The van der Waals surface area contributed by atoms with Crippen molar-refractivity contribution in [2.75, 3.05) is 24.6 Å². The van der Waals surface area contributed by atoms with Gasteiger partial charge < -0.3 is 14.5 Å². The number of amides is 2. The van der Waals surface area contributed by atoms with Crippen molar-refractivity contribution in [3.8, 4) is 5.75 Å². The normalized spacial score (nSPS) is 17.3. The van der Waals surface area contributed by atoms with Crippen LogP contribution in [0.15, 0.2) is 48.5 Å². The third kappa shape index (κ3) is 3.53. The molecule has 0 aromatic heterocycles. The van der Waals surface area contributed by atoms with Gasteiger partial charge in [-0.1, -0.05) is 29.8 Å². The number of carbonyl (C=O) groups excluding carboxylic acids is 2. The fourth-order valence-electron chi connectivity index (χ4n) is 3.10. The molecular weight excluding hydrogens is 352 g/mol. The molecule has 3 rings (SSSR count). The predicted molar refractivity (Wildman–Crippen MR) is 102 cm³/mol. The summed E-state index contributed by atoms with van der Waals surface area (Å²) in [5.41, 5.74) is 1.19. The fraction of sp³-hybridized carbons (Fsp3) is 0.300. The van der Waals surface area contributed by atoms with Crippen molar-refractivity contribution in [1.82, 2.24) is 4.90 Å². The molecule has 1 aliphatic heterocycles. The van der Waals surface area contributed by atoms with Gasteiger partial charge in [-0.2, -0.15) is 0 Å². The summed E-state index contributed by atoms with van der Waals surface area (Å²) in [6, 6.07) is 13.8. The van der Waals surface area contributed by atoms with E-state index in [1.807, 2.05) is 31.2 Å². The lowest BCUT2D eigenvalue weighted by atomic mass is 10.1. The molecule has 26 heavy (non-hydrogen) atoms. The third-order valence-electron chi connectivity index (χ3n) is 4.46. The van der Waals surface area contributed by atoms with Crippen LogP contribution in [0.4, 0.5) is 5.69 Å². The highest BCUT2D eigenvalue weighted by molar-refractivity contribution is 6.33. The minimum absolute atomic E-state index is 0.120. The van der Waals surface area contributed by atoms with Gasteiger partial charge in [0.2, 0.25) is 5.91 Å². The lowest BCUT2D eigenvalue weighted by Gasteiger charge is -2.39. The minimum atomic E-state index is -0.566. The first-order valence-corrected chi connectivity index (χ1v) is 9.00. The Morgan fingerprint density at radius 3 is 2.69 bits per heavy atom. The zero-order chi connectivity index (χ0) is 18.7. The van der Waals surface area contributed by atoms with Crippen LogP contribution >= 0.6 is 11.6 Å². The minimum Gasteiger partial charge on any atom is -0.494 e. The maximum absolute atomic E-state index is 12.9. The third-order valence-corrected chi connectivity index (χ3v) is 4.79. The quantitative estimate of drug-likeness (QED) is 0.823. The fourth-order valence-corrected chi connectivity index (χ4v) is 3.32. The molecule has 2 aromatic rings. The summed E-state index contributed by atoms with van der Waals surface area (Å²) in [4.78, 5) is 29.0. The molecule has 0 radical (unpaired) electrons. The number of hydrogen-bond donors (Lipinski definition) is 0.